The molecule has 0 radical (unpaired) electrons. The molecule has 21 heavy (non-hydrogen) atoms. The zero-order chi connectivity index (χ0) is 16.0. The van der Waals surface area contributed by atoms with Crippen molar-refractivity contribution in [1.82, 2.24) is 0 Å². The highest BCUT2D eigenvalue weighted by atomic mass is 16.6. The van der Waals surface area contributed by atoms with Crippen LogP contribution in [0.2, 0.25) is 0 Å². The van der Waals surface area contributed by atoms with Crippen LogP contribution in [0.5, 0.6) is 0 Å². The van der Waals surface area contributed by atoms with Crippen LogP contribution in [-0.4, -0.2) is 36.2 Å². The summed E-state index contributed by atoms with van der Waals surface area (Å²) in [6.07, 6.45) is 3.98. The molecular weight excluding hydrogens is 276 g/mol. The highest BCUT2D eigenvalue weighted by Gasteiger charge is 2.38. The second kappa shape index (κ2) is 7.61. The number of carboxylic acid groups (broad SMARTS) is 1. The highest BCUT2D eigenvalue weighted by Crippen LogP contribution is 2.31. The maximum absolute atomic E-state index is 11.9. The zero-order valence-corrected chi connectivity index (χ0v) is 12.2. The lowest BCUT2D eigenvalue weighted by atomic mass is 9.77. The van der Waals surface area contributed by atoms with Crippen LogP contribution >= 0.6 is 0 Å². The van der Waals surface area contributed by atoms with Crippen molar-refractivity contribution in [3.05, 3.63) is 24.3 Å². The summed E-state index contributed by atoms with van der Waals surface area (Å²) in [7, 11) is 0. The summed E-state index contributed by atoms with van der Waals surface area (Å²) in [6.45, 7) is 6.54. The van der Waals surface area contributed by atoms with Crippen LogP contribution in [0.15, 0.2) is 24.3 Å². The van der Waals surface area contributed by atoms with E-state index in [1.807, 2.05) is 0 Å². The van der Waals surface area contributed by atoms with Gasteiger partial charge in [0, 0.05) is 5.57 Å². The van der Waals surface area contributed by atoms with Crippen LogP contribution in [0.25, 0.3) is 0 Å². The minimum Gasteiger partial charge on any atom is -0.481 e. The van der Waals surface area contributed by atoms with E-state index in [4.69, 9.17) is 9.47 Å². The molecule has 0 aromatic heterocycles. The first-order valence-electron chi connectivity index (χ1n) is 6.73. The minimum atomic E-state index is -1.01. The van der Waals surface area contributed by atoms with Gasteiger partial charge in [0.15, 0.2) is 0 Å². The molecule has 1 rings (SSSR count). The fraction of sp³-hybridized carbons (Fsp3) is 0.533. The molecule has 0 heterocycles. The van der Waals surface area contributed by atoms with Gasteiger partial charge in [-0.15, -0.1) is 0 Å². The average Bonchev–Trinajstić information content (AvgIpc) is 2.42. The maximum Gasteiger partial charge on any atom is 0.333 e. The van der Waals surface area contributed by atoms with Crippen LogP contribution < -0.4 is 0 Å². The average molecular weight is 296 g/mol. The Hall–Kier alpha value is -2.11. The van der Waals surface area contributed by atoms with E-state index in [1.165, 1.54) is 6.92 Å². The summed E-state index contributed by atoms with van der Waals surface area (Å²) in [4.78, 5) is 34.3. The number of esters is 2. The Morgan fingerprint density at radius 1 is 1.29 bits per heavy atom. The predicted octanol–water partition coefficient (Wildman–Crippen LogP) is 1.56. The van der Waals surface area contributed by atoms with Crippen molar-refractivity contribution in [1.29, 1.82) is 0 Å². The molecule has 0 saturated carbocycles. The molecule has 0 saturated heterocycles. The fourth-order valence-corrected chi connectivity index (χ4v) is 2.18. The first-order chi connectivity index (χ1) is 9.84. The van der Waals surface area contributed by atoms with E-state index in [2.05, 4.69) is 6.58 Å². The van der Waals surface area contributed by atoms with Crippen molar-refractivity contribution in [2.45, 2.75) is 20.3 Å². The number of carbonyl (C=O) groups excluding carboxylic acids is 2. The van der Waals surface area contributed by atoms with Gasteiger partial charge >= 0.3 is 17.9 Å². The third-order valence-corrected chi connectivity index (χ3v) is 3.32. The lowest BCUT2D eigenvalue weighted by Gasteiger charge is -2.28. The van der Waals surface area contributed by atoms with Crippen LogP contribution in [0.3, 0.4) is 0 Å². The monoisotopic (exact) mass is 296 g/mol. The molecule has 0 aliphatic heterocycles. The Kier molecular flexibility index (Phi) is 6.14. The predicted molar refractivity (Wildman–Crippen MR) is 74.3 cm³/mol. The second-order valence-corrected chi connectivity index (χ2v) is 5.11. The number of rotatable bonds is 6. The number of allylic oxidation sites excluding steroid dienone is 1. The van der Waals surface area contributed by atoms with Gasteiger partial charge in [-0.1, -0.05) is 25.7 Å². The topological polar surface area (TPSA) is 89.9 Å². The first-order valence-corrected chi connectivity index (χ1v) is 6.73. The Morgan fingerprint density at radius 3 is 2.48 bits per heavy atom. The van der Waals surface area contributed by atoms with E-state index in [0.29, 0.717) is 6.42 Å². The van der Waals surface area contributed by atoms with Crippen molar-refractivity contribution < 1.29 is 29.0 Å². The highest BCUT2D eigenvalue weighted by molar-refractivity contribution is 5.87. The molecule has 1 aliphatic carbocycles. The molecule has 0 aromatic rings. The van der Waals surface area contributed by atoms with Crippen molar-refractivity contribution in [3.63, 3.8) is 0 Å². The van der Waals surface area contributed by atoms with Gasteiger partial charge in [0.1, 0.15) is 13.2 Å². The number of hydrogen-bond donors (Lipinski definition) is 1. The second-order valence-electron chi connectivity index (χ2n) is 5.11. The standard InChI is InChI=1S/C15H20O6/c1-9(2)14(18)20-7-8-21-15(19)11-6-4-5-10(3)12(11)13(16)17/h4,6,10-12H,1,5,7-8H2,2-3H3,(H,16,17). The van der Waals surface area contributed by atoms with E-state index >= 15 is 0 Å². The molecule has 3 unspecified atom stereocenters. The quantitative estimate of drug-likeness (QED) is 0.346. The summed E-state index contributed by atoms with van der Waals surface area (Å²) < 4.78 is 9.77. The van der Waals surface area contributed by atoms with Crippen LogP contribution in [0, 0.1) is 17.8 Å². The molecule has 0 amide bonds. The summed E-state index contributed by atoms with van der Waals surface area (Å²) in [5.41, 5.74) is 0.260. The summed E-state index contributed by atoms with van der Waals surface area (Å²) >= 11 is 0. The number of carboxylic acids is 1. The van der Waals surface area contributed by atoms with Crippen molar-refractivity contribution in [3.8, 4) is 0 Å². The lowest BCUT2D eigenvalue weighted by molar-refractivity contribution is -0.159. The Labute approximate surface area is 123 Å². The fourth-order valence-electron chi connectivity index (χ4n) is 2.18. The number of hydrogen-bond acceptors (Lipinski definition) is 5. The van der Waals surface area contributed by atoms with Gasteiger partial charge in [0.05, 0.1) is 11.8 Å². The van der Waals surface area contributed by atoms with Crippen molar-refractivity contribution in [2.75, 3.05) is 13.2 Å². The molecule has 0 aromatic carbocycles. The Morgan fingerprint density at radius 2 is 1.90 bits per heavy atom. The van der Waals surface area contributed by atoms with Crippen molar-refractivity contribution >= 4 is 17.9 Å². The molecule has 1 N–H and O–H groups in total. The molecule has 3 atom stereocenters. The van der Waals surface area contributed by atoms with Gasteiger partial charge < -0.3 is 14.6 Å². The van der Waals surface area contributed by atoms with Gasteiger partial charge in [0.2, 0.25) is 0 Å². The molecule has 0 spiro atoms. The molecular formula is C15H20O6. The molecule has 6 nitrogen and oxygen atoms in total. The summed E-state index contributed by atoms with van der Waals surface area (Å²) in [5, 5.41) is 9.21. The van der Waals surface area contributed by atoms with E-state index in [0.717, 1.165) is 0 Å². The van der Waals surface area contributed by atoms with E-state index in [9.17, 15) is 19.5 Å². The zero-order valence-electron chi connectivity index (χ0n) is 12.2. The van der Waals surface area contributed by atoms with Crippen LogP contribution in [0.1, 0.15) is 20.3 Å². The lowest BCUT2D eigenvalue weighted by Crippen LogP contribution is -2.36. The smallest absolute Gasteiger partial charge is 0.333 e. The van der Waals surface area contributed by atoms with Gasteiger partial charge in [0.25, 0.3) is 0 Å². The number of carbonyl (C=O) groups is 3. The Balaban J connectivity index is 2.49. The van der Waals surface area contributed by atoms with E-state index in [-0.39, 0.29) is 24.7 Å². The van der Waals surface area contributed by atoms with Crippen LogP contribution in [-0.2, 0) is 23.9 Å². The first kappa shape index (κ1) is 16.9. The summed E-state index contributed by atoms with van der Waals surface area (Å²) in [5.74, 6) is -3.91. The third kappa shape index (κ3) is 4.73. The van der Waals surface area contributed by atoms with Gasteiger partial charge in [-0.2, -0.15) is 0 Å². The molecule has 6 heteroatoms. The molecule has 116 valence electrons. The van der Waals surface area contributed by atoms with E-state index in [1.54, 1.807) is 19.1 Å². The van der Waals surface area contributed by atoms with Gasteiger partial charge in [-0.25, -0.2) is 4.79 Å². The SMILES string of the molecule is C=C(C)C(=O)OCCOC(=O)C1C=CCC(C)C1C(=O)O. The molecule has 0 bridgehead atoms. The summed E-state index contributed by atoms with van der Waals surface area (Å²) in [6, 6.07) is 0. The third-order valence-electron chi connectivity index (χ3n) is 3.32. The molecule has 0 fully saturated rings. The minimum absolute atomic E-state index is 0.0822. The Bertz CT molecular complexity index is 465. The van der Waals surface area contributed by atoms with Gasteiger partial charge in [-0.05, 0) is 19.3 Å². The van der Waals surface area contributed by atoms with Crippen molar-refractivity contribution in [2.24, 2.45) is 17.8 Å². The molecule has 1 aliphatic rings. The van der Waals surface area contributed by atoms with Crippen LogP contribution in [0.4, 0.5) is 0 Å². The maximum atomic E-state index is 11.9. The van der Waals surface area contributed by atoms with Gasteiger partial charge in [-0.3, -0.25) is 9.59 Å². The number of ether oxygens (including phenoxy) is 2. The normalized spacial score (nSPS) is 24.2. The van der Waals surface area contributed by atoms with E-state index < -0.39 is 29.7 Å². The largest absolute Gasteiger partial charge is 0.481 e. The number of aliphatic carboxylic acids is 1.